The standard InChI is InChI=1S/C24H23N3O2/c25-15-17-11-9-16(10-12-17)13-18-14-22(26-20-6-2-1-5-19(18)20)24(29)27-21-7-3-4-8-23(21)28/h1-2,5-6,9-12,14,21,23,28H,3-4,7-8,13H2,(H,27,29)/t21-,23-/m0/s1. The average Bonchev–Trinajstić information content (AvgIpc) is 2.76. The molecular weight excluding hydrogens is 362 g/mol. The van der Waals surface area contributed by atoms with Gasteiger partial charge in [-0.3, -0.25) is 4.79 Å². The predicted octanol–water partition coefficient (Wildman–Crippen LogP) is 3.73. The Labute approximate surface area is 170 Å². The lowest BCUT2D eigenvalue weighted by Gasteiger charge is -2.28. The van der Waals surface area contributed by atoms with Crippen LogP contribution in [0.2, 0.25) is 0 Å². The third-order valence-electron chi connectivity index (χ3n) is 5.56. The van der Waals surface area contributed by atoms with E-state index in [0.29, 0.717) is 17.7 Å². The third-order valence-corrected chi connectivity index (χ3v) is 5.56. The molecule has 1 aliphatic rings. The van der Waals surface area contributed by atoms with Crippen molar-refractivity contribution in [3.8, 4) is 6.07 Å². The fourth-order valence-electron chi connectivity index (χ4n) is 3.95. The topological polar surface area (TPSA) is 86.0 Å². The molecule has 0 saturated heterocycles. The average molecular weight is 385 g/mol. The number of nitrogens with zero attached hydrogens (tertiary/aromatic N) is 2. The van der Waals surface area contributed by atoms with Gasteiger partial charge in [-0.05, 0) is 54.7 Å². The largest absolute Gasteiger partial charge is 0.391 e. The second-order valence-corrected chi connectivity index (χ2v) is 7.60. The molecule has 29 heavy (non-hydrogen) atoms. The number of rotatable bonds is 4. The zero-order valence-corrected chi connectivity index (χ0v) is 16.1. The Hall–Kier alpha value is -3.23. The van der Waals surface area contributed by atoms with Crippen molar-refractivity contribution in [2.45, 2.75) is 44.2 Å². The lowest BCUT2D eigenvalue weighted by molar-refractivity contribution is 0.0714. The Morgan fingerprint density at radius 2 is 1.90 bits per heavy atom. The van der Waals surface area contributed by atoms with Crippen LogP contribution in [0.3, 0.4) is 0 Å². The first-order valence-electron chi connectivity index (χ1n) is 10.0. The Kier molecular flexibility index (Phi) is 5.55. The van der Waals surface area contributed by atoms with Crippen LogP contribution in [0.1, 0.15) is 52.9 Å². The van der Waals surface area contributed by atoms with E-state index in [1.807, 2.05) is 42.5 Å². The molecule has 0 spiro atoms. The summed E-state index contributed by atoms with van der Waals surface area (Å²) in [5, 5.41) is 23.1. The van der Waals surface area contributed by atoms with Crippen molar-refractivity contribution in [2.24, 2.45) is 0 Å². The van der Waals surface area contributed by atoms with Crippen LogP contribution in [0.15, 0.2) is 54.6 Å². The molecule has 0 bridgehead atoms. The fourth-order valence-corrected chi connectivity index (χ4v) is 3.95. The number of amides is 1. The number of fused-ring (bicyclic) bond motifs is 1. The van der Waals surface area contributed by atoms with Crippen molar-refractivity contribution < 1.29 is 9.90 Å². The smallest absolute Gasteiger partial charge is 0.270 e. The number of carbonyl (C=O) groups excluding carboxylic acids is 1. The van der Waals surface area contributed by atoms with Crippen LogP contribution in [-0.4, -0.2) is 28.1 Å². The number of para-hydroxylation sites is 1. The SMILES string of the molecule is N#Cc1ccc(Cc2cc(C(=O)N[C@H]3CCCC[C@@H]3O)nc3ccccc23)cc1. The summed E-state index contributed by atoms with van der Waals surface area (Å²) >= 11 is 0. The molecule has 1 aromatic heterocycles. The molecular formula is C24H23N3O2. The van der Waals surface area contributed by atoms with E-state index in [9.17, 15) is 9.90 Å². The summed E-state index contributed by atoms with van der Waals surface area (Å²) in [5.41, 5.74) is 3.83. The van der Waals surface area contributed by atoms with Crippen molar-refractivity contribution in [1.29, 1.82) is 5.26 Å². The number of aliphatic hydroxyl groups is 1. The number of nitriles is 1. The highest BCUT2D eigenvalue weighted by Crippen LogP contribution is 2.23. The lowest BCUT2D eigenvalue weighted by Crippen LogP contribution is -2.45. The number of pyridine rings is 1. The minimum absolute atomic E-state index is 0.216. The molecule has 4 rings (SSSR count). The summed E-state index contributed by atoms with van der Waals surface area (Å²) in [6, 6.07) is 19.0. The van der Waals surface area contributed by atoms with Crippen molar-refractivity contribution in [3.63, 3.8) is 0 Å². The maximum atomic E-state index is 12.9. The molecule has 2 aromatic carbocycles. The Morgan fingerprint density at radius 3 is 2.66 bits per heavy atom. The maximum Gasteiger partial charge on any atom is 0.270 e. The molecule has 3 aromatic rings. The van der Waals surface area contributed by atoms with Crippen LogP contribution in [0.25, 0.3) is 10.9 Å². The Bertz CT molecular complexity index is 1070. The van der Waals surface area contributed by atoms with Gasteiger partial charge in [0.25, 0.3) is 5.91 Å². The molecule has 1 heterocycles. The molecule has 1 amide bonds. The number of carbonyl (C=O) groups is 1. The molecule has 0 unspecified atom stereocenters. The quantitative estimate of drug-likeness (QED) is 0.716. The predicted molar refractivity (Wildman–Crippen MR) is 111 cm³/mol. The van der Waals surface area contributed by atoms with E-state index in [4.69, 9.17) is 5.26 Å². The van der Waals surface area contributed by atoms with Crippen LogP contribution in [0.5, 0.6) is 0 Å². The molecule has 0 radical (unpaired) electrons. The molecule has 2 atom stereocenters. The van der Waals surface area contributed by atoms with E-state index in [-0.39, 0.29) is 11.9 Å². The van der Waals surface area contributed by atoms with Crippen LogP contribution >= 0.6 is 0 Å². The highest BCUT2D eigenvalue weighted by molar-refractivity contribution is 5.96. The van der Waals surface area contributed by atoms with Gasteiger partial charge in [0.15, 0.2) is 0 Å². The summed E-state index contributed by atoms with van der Waals surface area (Å²) in [5.74, 6) is -0.247. The molecule has 146 valence electrons. The van der Waals surface area contributed by atoms with Crippen LogP contribution in [0.4, 0.5) is 0 Å². The first-order valence-corrected chi connectivity index (χ1v) is 10.0. The van der Waals surface area contributed by atoms with Gasteiger partial charge in [-0.15, -0.1) is 0 Å². The number of hydrogen-bond acceptors (Lipinski definition) is 4. The van der Waals surface area contributed by atoms with Gasteiger partial charge in [-0.1, -0.05) is 43.2 Å². The zero-order chi connectivity index (χ0) is 20.2. The molecule has 1 aliphatic carbocycles. The van der Waals surface area contributed by atoms with Gasteiger partial charge in [0.05, 0.1) is 29.3 Å². The molecule has 1 fully saturated rings. The van der Waals surface area contributed by atoms with Crippen molar-refractivity contribution in [3.05, 3.63) is 77.0 Å². The first-order chi connectivity index (χ1) is 14.1. The first kappa shape index (κ1) is 19.1. The summed E-state index contributed by atoms with van der Waals surface area (Å²) in [6.45, 7) is 0. The van der Waals surface area contributed by atoms with E-state index in [1.165, 1.54) is 0 Å². The van der Waals surface area contributed by atoms with E-state index in [1.54, 1.807) is 12.1 Å². The van der Waals surface area contributed by atoms with Gasteiger partial charge in [-0.25, -0.2) is 4.98 Å². The number of aliphatic hydroxyl groups excluding tert-OH is 1. The molecule has 5 heteroatoms. The van der Waals surface area contributed by atoms with Crippen LogP contribution < -0.4 is 5.32 Å². The maximum absolute atomic E-state index is 12.9. The normalized spacial score (nSPS) is 18.9. The Morgan fingerprint density at radius 1 is 1.14 bits per heavy atom. The summed E-state index contributed by atoms with van der Waals surface area (Å²) in [7, 11) is 0. The number of benzene rings is 2. The summed E-state index contributed by atoms with van der Waals surface area (Å²) in [4.78, 5) is 17.4. The zero-order valence-electron chi connectivity index (χ0n) is 16.1. The number of hydrogen-bond donors (Lipinski definition) is 2. The van der Waals surface area contributed by atoms with E-state index < -0.39 is 6.10 Å². The highest BCUT2D eigenvalue weighted by atomic mass is 16.3. The highest BCUT2D eigenvalue weighted by Gasteiger charge is 2.25. The van der Waals surface area contributed by atoms with E-state index in [0.717, 1.165) is 47.7 Å². The third kappa shape index (κ3) is 4.28. The minimum atomic E-state index is -0.494. The number of nitrogens with one attached hydrogen (secondary N) is 1. The summed E-state index contributed by atoms with van der Waals surface area (Å²) in [6.07, 6.45) is 3.67. The van der Waals surface area contributed by atoms with Crippen molar-refractivity contribution in [2.75, 3.05) is 0 Å². The minimum Gasteiger partial charge on any atom is -0.391 e. The van der Waals surface area contributed by atoms with Crippen LogP contribution in [0, 0.1) is 11.3 Å². The molecule has 2 N–H and O–H groups in total. The lowest BCUT2D eigenvalue weighted by atomic mass is 9.92. The molecule has 0 aliphatic heterocycles. The van der Waals surface area contributed by atoms with E-state index in [2.05, 4.69) is 16.4 Å². The fraction of sp³-hybridized carbons (Fsp3) is 0.292. The monoisotopic (exact) mass is 385 g/mol. The molecule has 1 saturated carbocycles. The van der Waals surface area contributed by atoms with Crippen molar-refractivity contribution >= 4 is 16.8 Å². The Balaban J connectivity index is 1.64. The van der Waals surface area contributed by atoms with Gasteiger partial charge < -0.3 is 10.4 Å². The summed E-state index contributed by atoms with van der Waals surface area (Å²) < 4.78 is 0. The van der Waals surface area contributed by atoms with Gasteiger partial charge in [0.2, 0.25) is 0 Å². The van der Waals surface area contributed by atoms with Gasteiger partial charge in [0.1, 0.15) is 5.69 Å². The van der Waals surface area contributed by atoms with Crippen LogP contribution in [-0.2, 0) is 6.42 Å². The second-order valence-electron chi connectivity index (χ2n) is 7.60. The van der Waals surface area contributed by atoms with Gasteiger partial charge in [0, 0.05) is 5.39 Å². The second kappa shape index (κ2) is 8.42. The number of aromatic nitrogens is 1. The van der Waals surface area contributed by atoms with Crippen molar-refractivity contribution in [1.82, 2.24) is 10.3 Å². The molecule has 5 nitrogen and oxygen atoms in total. The van der Waals surface area contributed by atoms with E-state index >= 15 is 0 Å². The van der Waals surface area contributed by atoms with Gasteiger partial charge in [-0.2, -0.15) is 5.26 Å². The van der Waals surface area contributed by atoms with Gasteiger partial charge >= 0.3 is 0 Å².